The Balaban J connectivity index is 1.80. The van der Waals surface area contributed by atoms with Gasteiger partial charge in [0.05, 0.1) is 29.8 Å². The summed E-state index contributed by atoms with van der Waals surface area (Å²) in [5.74, 6) is 0.540. The number of hydrogen-bond donors (Lipinski definition) is 1. The molecular formula is C16H20N6O2. The lowest BCUT2D eigenvalue weighted by Gasteiger charge is -2.24. The SMILES string of the molecule is CNc1cncc([C@@H]2CCCN2C(=O)Cn2nc(C)ccc2=O)n1. The number of nitrogens with zero attached hydrogens (tertiary/aromatic N) is 5. The summed E-state index contributed by atoms with van der Waals surface area (Å²) in [6.07, 6.45) is 5.07. The third kappa shape index (κ3) is 3.27. The molecule has 1 atom stereocenters. The average molecular weight is 328 g/mol. The van der Waals surface area contributed by atoms with Gasteiger partial charge in [-0.1, -0.05) is 0 Å². The van der Waals surface area contributed by atoms with Crippen LogP contribution < -0.4 is 10.9 Å². The van der Waals surface area contributed by atoms with Gasteiger partial charge in [0.2, 0.25) is 5.91 Å². The highest BCUT2D eigenvalue weighted by molar-refractivity contribution is 5.76. The largest absolute Gasteiger partial charge is 0.372 e. The molecule has 0 aromatic carbocycles. The molecule has 0 saturated carbocycles. The summed E-state index contributed by atoms with van der Waals surface area (Å²) in [4.78, 5) is 35.0. The Kier molecular flexibility index (Phi) is 4.54. The minimum Gasteiger partial charge on any atom is -0.372 e. The van der Waals surface area contributed by atoms with Crippen LogP contribution in [-0.2, 0) is 11.3 Å². The van der Waals surface area contributed by atoms with Gasteiger partial charge in [0.25, 0.3) is 5.56 Å². The van der Waals surface area contributed by atoms with E-state index in [9.17, 15) is 9.59 Å². The maximum atomic E-state index is 12.7. The molecule has 8 heteroatoms. The Hall–Kier alpha value is -2.77. The number of carbonyl (C=O) groups excluding carboxylic acids is 1. The van der Waals surface area contributed by atoms with Gasteiger partial charge in [-0.2, -0.15) is 5.10 Å². The third-order valence-corrected chi connectivity index (χ3v) is 4.11. The van der Waals surface area contributed by atoms with E-state index in [0.29, 0.717) is 18.1 Å². The maximum Gasteiger partial charge on any atom is 0.267 e. The fraction of sp³-hybridized carbons (Fsp3) is 0.438. The molecule has 1 aliphatic rings. The molecule has 3 rings (SSSR count). The van der Waals surface area contributed by atoms with Crippen molar-refractivity contribution in [3.8, 4) is 0 Å². The van der Waals surface area contributed by atoms with Gasteiger partial charge in [-0.05, 0) is 25.8 Å². The van der Waals surface area contributed by atoms with Crippen molar-refractivity contribution in [2.45, 2.75) is 32.4 Å². The predicted molar refractivity (Wildman–Crippen MR) is 88.5 cm³/mol. The van der Waals surface area contributed by atoms with Crippen molar-refractivity contribution in [1.29, 1.82) is 0 Å². The van der Waals surface area contributed by atoms with Crippen LogP contribution in [0.25, 0.3) is 0 Å². The number of carbonyl (C=O) groups is 1. The summed E-state index contributed by atoms with van der Waals surface area (Å²) in [6, 6.07) is 2.96. The Morgan fingerprint density at radius 1 is 1.38 bits per heavy atom. The lowest BCUT2D eigenvalue weighted by atomic mass is 10.1. The number of anilines is 1. The van der Waals surface area contributed by atoms with E-state index < -0.39 is 0 Å². The van der Waals surface area contributed by atoms with Gasteiger partial charge in [-0.15, -0.1) is 0 Å². The molecule has 126 valence electrons. The number of hydrogen-bond acceptors (Lipinski definition) is 6. The topological polar surface area (TPSA) is 93.0 Å². The summed E-state index contributed by atoms with van der Waals surface area (Å²) in [5.41, 5.74) is 1.19. The number of likely N-dealkylation sites (tertiary alicyclic amines) is 1. The van der Waals surface area contributed by atoms with E-state index >= 15 is 0 Å². The fourth-order valence-electron chi connectivity index (χ4n) is 2.92. The van der Waals surface area contributed by atoms with Crippen LogP contribution in [0, 0.1) is 6.92 Å². The molecule has 1 amide bonds. The molecule has 1 saturated heterocycles. The maximum absolute atomic E-state index is 12.7. The number of rotatable bonds is 4. The Labute approximate surface area is 139 Å². The monoisotopic (exact) mass is 328 g/mol. The van der Waals surface area contributed by atoms with Crippen LogP contribution in [0.2, 0.25) is 0 Å². The van der Waals surface area contributed by atoms with Crippen molar-refractivity contribution in [1.82, 2.24) is 24.6 Å². The van der Waals surface area contributed by atoms with Crippen molar-refractivity contribution in [3.63, 3.8) is 0 Å². The first-order valence-corrected chi connectivity index (χ1v) is 7.92. The zero-order valence-corrected chi connectivity index (χ0v) is 13.8. The van der Waals surface area contributed by atoms with Crippen LogP contribution >= 0.6 is 0 Å². The second-order valence-electron chi connectivity index (χ2n) is 5.79. The molecule has 0 bridgehead atoms. The van der Waals surface area contributed by atoms with Crippen LogP contribution in [0.4, 0.5) is 5.82 Å². The first-order valence-electron chi connectivity index (χ1n) is 7.92. The van der Waals surface area contributed by atoms with Crippen LogP contribution in [0.1, 0.15) is 30.3 Å². The highest BCUT2D eigenvalue weighted by atomic mass is 16.2. The van der Waals surface area contributed by atoms with E-state index in [2.05, 4.69) is 20.4 Å². The second-order valence-corrected chi connectivity index (χ2v) is 5.79. The molecule has 0 unspecified atom stereocenters. The van der Waals surface area contributed by atoms with Crippen molar-refractivity contribution in [2.75, 3.05) is 18.9 Å². The van der Waals surface area contributed by atoms with E-state index in [0.717, 1.165) is 18.5 Å². The van der Waals surface area contributed by atoms with Crippen LogP contribution in [0.3, 0.4) is 0 Å². The van der Waals surface area contributed by atoms with E-state index in [-0.39, 0.29) is 24.1 Å². The zero-order chi connectivity index (χ0) is 17.1. The molecular weight excluding hydrogens is 308 g/mol. The number of aromatic nitrogens is 4. The minimum absolute atomic E-state index is 0.0594. The summed E-state index contributed by atoms with van der Waals surface area (Å²) in [5, 5.41) is 7.08. The first-order chi connectivity index (χ1) is 11.6. The van der Waals surface area contributed by atoms with Crippen molar-refractivity contribution in [2.24, 2.45) is 0 Å². The highest BCUT2D eigenvalue weighted by Gasteiger charge is 2.31. The normalized spacial score (nSPS) is 17.1. The minimum atomic E-state index is -0.276. The molecule has 0 aliphatic carbocycles. The molecule has 2 aromatic heterocycles. The van der Waals surface area contributed by atoms with Gasteiger partial charge in [0, 0.05) is 19.7 Å². The zero-order valence-electron chi connectivity index (χ0n) is 13.8. The van der Waals surface area contributed by atoms with Crippen LogP contribution in [-0.4, -0.2) is 44.1 Å². The third-order valence-electron chi connectivity index (χ3n) is 4.11. The van der Waals surface area contributed by atoms with Gasteiger partial charge in [-0.3, -0.25) is 14.6 Å². The molecule has 1 aliphatic heterocycles. The van der Waals surface area contributed by atoms with Gasteiger partial charge in [0.1, 0.15) is 12.4 Å². The highest BCUT2D eigenvalue weighted by Crippen LogP contribution is 2.31. The quantitative estimate of drug-likeness (QED) is 0.890. The molecule has 2 aromatic rings. The van der Waals surface area contributed by atoms with Crippen LogP contribution in [0.15, 0.2) is 29.3 Å². The molecule has 1 fully saturated rings. The van der Waals surface area contributed by atoms with Gasteiger partial charge < -0.3 is 10.2 Å². The Bertz CT molecular complexity index is 803. The van der Waals surface area contributed by atoms with Crippen LogP contribution in [0.5, 0.6) is 0 Å². The molecule has 8 nitrogen and oxygen atoms in total. The average Bonchev–Trinajstić information content (AvgIpc) is 3.08. The van der Waals surface area contributed by atoms with E-state index in [1.807, 2.05) is 0 Å². The summed E-state index contributed by atoms with van der Waals surface area (Å²) in [6.45, 7) is 2.38. The molecule has 24 heavy (non-hydrogen) atoms. The fourth-order valence-corrected chi connectivity index (χ4v) is 2.92. The van der Waals surface area contributed by atoms with Gasteiger partial charge in [0.15, 0.2) is 0 Å². The molecule has 1 N–H and O–H groups in total. The van der Waals surface area contributed by atoms with E-state index in [1.54, 1.807) is 37.3 Å². The lowest BCUT2D eigenvalue weighted by molar-refractivity contribution is -0.133. The number of aryl methyl sites for hydroxylation is 1. The van der Waals surface area contributed by atoms with Gasteiger partial charge >= 0.3 is 0 Å². The number of amides is 1. The summed E-state index contributed by atoms with van der Waals surface area (Å²) in [7, 11) is 1.78. The standard InChI is InChI=1S/C16H20N6O2/c1-11-5-6-15(23)22(20-11)10-16(24)21-7-3-4-13(21)12-8-18-9-14(17-2)19-12/h5-6,8-9,13H,3-4,7,10H2,1-2H3,(H,17,19)/t13-/m0/s1. The second kappa shape index (κ2) is 6.77. The molecule has 0 radical (unpaired) electrons. The summed E-state index contributed by atoms with van der Waals surface area (Å²) < 4.78 is 1.21. The van der Waals surface area contributed by atoms with E-state index in [1.165, 1.54) is 10.7 Å². The van der Waals surface area contributed by atoms with E-state index in [4.69, 9.17) is 0 Å². The van der Waals surface area contributed by atoms with Crippen molar-refractivity contribution < 1.29 is 4.79 Å². The Morgan fingerprint density at radius 3 is 3.00 bits per heavy atom. The molecule has 0 spiro atoms. The Morgan fingerprint density at radius 2 is 2.21 bits per heavy atom. The lowest BCUT2D eigenvalue weighted by Crippen LogP contribution is -2.37. The smallest absolute Gasteiger partial charge is 0.267 e. The van der Waals surface area contributed by atoms with Crippen molar-refractivity contribution >= 4 is 11.7 Å². The van der Waals surface area contributed by atoms with Gasteiger partial charge in [-0.25, -0.2) is 9.67 Å². The molecule has 3 heterocycles. The van der Waals surface area contributed by atoms with Crippen molar-refractivity contribution in [3.05, 3.63) is 46.3 Å². The number of nitrogens with one attached hydrogen (secondary N) is 1. The first kappa shape index (κ1) is 16.1. The summed E-state index contributed by atoms with van der Waals surface area (Å²) >= 11 is 0. The predicted octanol–water partition coefficient (Wildman–Crippen LogP) is 0.747.